The minimum atomic E-state index is -0.467. The topological polar surface area (TPSA) is 82.1 Å². The van der Waals surface area contributed by atoms with Gasteiger partial charge in [0.15, 0.2) is 6.61 Å². The predicted octanol–water partition coefficient (Wildman–Crippen LogP) is 3.13. The average molecular weight is 603 g/mol. The van der Waals surface area contributed by atoms with Gasteiger partial charge >= 0.3 is 5.97 Å². The van der Waals surface area contributed by atoms with E-state index in [1.165, 1.54) is 19.1 Å². The van der Waals surface area contributed by atoms with Crippen LogP contribution in [0.1, 0.15) is 5.56 Å². The van der Waals surface area contributed by atoms with E-state index in [9.17, 15) is 14.4 Å². The van der Waals surface area contributed by atoms with E-state index in [2.05, 4.69) is 49.9 Å². The Morgan fingerprint density at radius 3 is 2.46 bits per heavy atom. The number of esters is 1. The molecule has 0 radical (unpaired) electrons. The van der Waals surface area contributed by atoms with Gasteiger partial charge in [0.1, 0.15) is 5.75 Å². The number of rotatable bonds is 7. The van der Waals surface area contributed by atoms with E-state index >= 15 is 0 Å². The minimum absolute atomic E-state index is 0.180. The second kappa shape index (κ2) is 9.90. The van der Waals surface area contributed by atoms with Gasteiger partial charge in [-0.2, -0.15) is 0 Å². The lowest BCUT2D eigenvalue weighted by molar-refractivity contribution is -0.143. The number of hydrogen-bond acceptors (Lipinski definition) is 7. The van der Waals surface area contributed by atoms with Crippen molar-refractivity contribution in [1.29, 1.82) is 0 Å². The fourth-order valence-electron chi connectivity index (χ4n) is 2.02. The van der Waals surface area contributed by atoms with Crippen molar-refractivity contribution in [3.8, 4) is 5.75 Å². The number of amides is 2. The van der Waals surface area contributed by atoms with Crippen molar-refractivity contribution in [2.45, 2.75) is 0 Å². The number of benzene rings is 1. The Kier molecular flexibility index (Phi) is 8.16. The van der Waals surface area contributed by atoms with Gasteiger partial charge in [0.25, 0.3) is 11.1 Å². The van der Waals surface area contributed by atoms with Crippen LogP contribution >= 0.6 is 56.9 Å². The van der Waals surface area contributed by atoms with Gasteiger partial charge in [-0.1, -0.05) is 0 Å². The van der Waals surface area contributed by atoms with Crippen molar-refractivity contribution in [3.63, 3.8) is 0 Å². The Bertz CT molecular complexity index is 744. The van der Waals surface area contributed by atoms with Crippen LogP contribution in [-0.4, -0.2) is 56.0 Å². The van der Waals surface area contributed by atoms with Gasteiger partial charge < -0.3 is 14.2 Å². The minimum Gasteiger partial charge on any atom is -0.480 e. The molecule has 0 saturated carbocycles. The van der Waals surface area contributed by atoms with Crippen molar-refractivity contribution >= 4 is 80.1 Å². The number of hydrogen-bond donors (Lipinski definition) is 0. The number of ether oxygens (including phenoxy) is 3. The summed E-state index contributed by atoms with van der Waals surface area (Å²) in [5.41, 5.74) is 0.765. The average Bonchev–Trinajstić information content (AvgIpc) is 2.85. The van der Waals surface area contributed by atoms with Crippen LogP contribution < -0.4 is 4.74 Å². The third-order valence-electron chi connectivity index (χ3n) is 3.27. The number of halogens is 2. The summed E-state index contributed by atoms with van der Waals surface area (Å²) in [4.78, 5) is 37.1. The standard InChI is InChI=1S/C16H15I2NO6S/c1-23-4-3-19-15(21)12(26-16(19)22)7-9-5-10(17)14(11(18)6-9)25-8-13(20)24-2/h5-7H,3-4,8H2,1-2H3/b12-7+. The monoisotopic (exact) mass is 603 g/mol. The first-order valence-electron chi connectivity index (χ1n) is 7.30. The first-order chi connectivity index (χ1) is 12.4. The molecule has 0 bridgehead atoms. The molecule has 26 heavy (non-hydrogen) atoms. The summed E-state index contributed by atoms with van der Waals surface area (Å²) in [6.45, 7) is 0.349. The van der Waals surface area contributed by atoms with Crippen LogP contribution in [0.15, 0.2) is 17.0 Å². The molecule has 2 amide bonds. The fourth-order valence-corrected chi connectivity index (χ4v) is 5.01. The lowest BCUT2D eigenvalue weighted by Gasteiger charge is -2.11. The Balaban J connectivity index is 2.19. The molecule has 0 aromatic heterocycles. The van der Waals surface area contributed by atoms with Crippen LogP contribution in [0.4, 0.5) is 4.79 Å². The molecule has 1 fully saturated rings. The zero-order valence-corrected chi connectivity index (χ0v) is 19.0. The van der Waals surface area contributed by atoms with Crippen LogP contribution in [0.3, 0.4) is 0 Å². The summed E-state index contributed by atoms with van der Waals surface area (Å²) in [5, 5.41) is -0.305. The SMILES string of the molecule is COCCN1C(=O)S/C(=C/c2cc(I)c(OCC(=O)OC)c(I)c2)C1=O. The van der Waals surface area contributed by atoms with Crippen LogP contribution in [0, 0.1) is 7.14 Å². The van der Waals surface area contributed by atoms with Crippen LogP contribution in [-0.2, 0) is 19.1 Å². The quantitative estimate of drug-likeness (QED) is 0.269. The third kappa shape index (κ3) is 5.33. The van der Waals surface area contributed by atoms with Gasteiger partial charge in [0.05, 0.1) is 32.3 Å². The lowest BCUT2D eigenvalue weighted by Crippen LogP contribution is -2.31. The molecule has 1 aromatic rings. The van der Waals surface area contributed by atoms with Gasteiger partial charge in [-0.05, 0) is 80.7 Å². The van der Waals surface area contributed by atoms with Crippen molar-refractivity contribution in [2.24, 2.45) is 0 Å². The molecule has 1 aliphatic rings. The number of imide groups is 1. The predicted molar refractivity (Wildman–Crippen MR) is 114 cm³/mol. The highest BCUT2D eigenvalue weighted by Gasteiger charge is 2.34. The van der Waals surface area contributed by atoms with Crippen LogP contribution in [0.25, 0.3) is 6.08 Å². The van der Waals surface area contributed by atoms with Crippen LogP contribution in [0.5, 0.6) is 5.75 Å². The number of nitrogens with zero attached hydrogens (tertiary/aromatic N) is 1. The number of carbonyl (C=O) groups excluding carboxylic acids is 3. The van der Waals surface area contributed by atoms with Crippen molar-refractivity contribution in [3.05, 3.63) is 29.7 Å². The molecule has 0 spiro atoms. The third-order valence-corrected chi connectivity index (χ3v) is 5.78. The molecule has 1 saturated heterocycles. The molecular weight excluding hydrogens is 588 g/mol. The highest BCUT2D eigenvalue weighted by atomic mass is 127. The van der Waals surface area contributed by atoms with E-state index in [1.807, 2.05) is 12.1 Å². The number of methoxy groups -OCH3 is 2. The highest BCUT2D eigenvalue weighted by molar-refractivity contribution is 14.1. The molecule has 0 atom stereocenters. The van der Waals surface area contributed by atoms with Crippen molar-refractivity contribution < 1.29 is 28.6 Å². The molecule has 0 N–H and O–H groups in total. The van der Waals surface area contributed by atoms with Gasteiger partial charge in [-0.25, -0.2) is 4.79 Å². The van der Waals surface area contributed by atoms with E-state index in [0.29, 0.717) is 17.3 Å². The first-order valence-corrected chi connectivity index (χ1v) is 10.3. The molecular formula is C16H15I2NO6S. The molecule has 7 nitrogen and oxygen atoms in total. The molecule has 140 valence electrons. The second-order valence-corrected chi connectivity index (χ2v) is 8.32. The Morgan fingerprint density at radius 1 is 1.23 bits per heavy atom. The van der Waals surface area contributed by atoms with Gasteiger partial charge in [-0.15, -0.1) is 0 Å². The molecule has 1 heterocycles. The molecule has 1 aliphatic heterocycles. The van der Waals surface area contributed by atoms with E-state index < -0.39 is 5.97 Å². The summed E-state index contributed by atoms with van der Waals surface area (Å²) in [6, 6.07) is 3.64. The summed E-state index contributed by atoms with van der Waals surface area (Å²) in [6.07, 6.45) is 1.67. The summed E-state index contributed by atoms with van der Waals surface area (Å²) < 4.78 is 16.5. The zero-order chi connectivity index (χ0) is 19.3. The normalized spacial score (nSPS) is 15.7. The Hall–Kier alpha value is -0.860. The van der Waals surface area contributed by atoms with Crippen molar-refractivity contribution in [2.75, 3.05) is 34.0 Å². The Morgan fingerprint density at radius 2 is 1.88 bits per heavy atom. The zero-order valence-electron chi connectivity index (χ0n) is 13.9. The second-order valence-electron chi connectivity index (χ2n) is 5.00. The smallest absolute Gasteiger partial charge is 0.343 e. The number of carbonyl (C=O) groups is 3. The first kappa shape index (κ1) is 21.4. The van der Waals surface area contributed by atoms with Gasteiger partial charge in [0.2, 0.25) is 0 Å². The van der Waals surface area contributed by atoms with Crippen molar-refractivity contribution in [1.82, 2.24) is 4.90 Å². The maximum absolute atomic E-state index is 12.4. The van der Waals surface area contributed by atoms with Crippen LogP contribution in [0.2, 0.25) is 0 Å². The summed E-state index contributed by atoms with van der Waals surface area (Å²) in [7, 11) is 2.81. The summed E-state index contributed by atoms with van der Waals surface area (Å²) >= 11 is 5.09. The number of thioether (sulfide) groups is 1. The molecule has 1 aromatic carbocycles. The van der Waals surface area contributed by atoms with Gasteiger partial charge in [-0.3, -0.25) is 14.5 Å². The fraction of sp³-hybridized carbons (Fsp3) is 0.312. The molecule has 10 heteroatoms. The Labute approximate surface area is 182 Å². The van der Waals surface area contributed by atoms with E-state index in [1.54, 1.807) is 6.08 Å². The highest BCUT2D eigenvalue weighted by Crippen LogP contribution is 2.34. The van der Waals surface area contributed by atoms with E-state index in [0.717, 1.165) is 24.5 Å². The maximum Gasteiger partial charge on any atom is 0.343 e. The maximum atomic E-state index is 12.4. The molecule has 2 rings (SSSR count). The lowest BCUT2D eigenvalue weighted by atomic mass is 10.2. The van der Waals surface area contributed by atoms with E-state index in [4.69, 9.17) is 9.47 Å². The van der Waals surface area contributed by atoms with E-state index in [-0.39, 0.29) is 24.3 Å². The summed E-state index contributed by atoms with van der Waals surface area (Å²) in [5.74, 6) is -0.222. The molecule has 0 aliphatic carbocycles. The largest absolute Gasteiger partial charge is 0.480 e. The van der Waals surface area contributed by atoms with Gasteiger partial charge in [0, 0.05) is 7.11 Å². The molecule has 0 unspecified atom stereocenters.